The van der Waals surface area contributed by atoms with Crippen LogP contribution < -0.4 is 15.4 Å². The number of carbonyl (C=O) groups is 1. The molecule has 2 aromatic rings. The molecule has 0 radical (unpaired) electrons. The molecule has 1 aromatic carbocycles. The molecule has 1 saturated carbocycles. The first-order valence-electron chi connectivity index (χ1n) is 8.16. The summed E-state index contributed by atoms with van der Waals surface area (Å²) in [6.45, 7) is 0. The van der Waals surface area contributed by atoms with Gasteiger partial charge in [-0.15, -0.1) is 0 Å². The Morgan fingerprint density at radius 1 is 1.08 bits per heavy atom. The summed E-state index contributed by atoms with van der Waals surface area (Å²) in [7, 11) is 0. The van der Waals surface area contributed by atoms with Crippen LogP contribution >= 0.6 is 0 Å². The molecule has 6 heteroatoms. The Morgan fingerprint density at radius 2 is 1.88 bits per heavy atom. The Bertz CT molecular complexity index is 678. The highest BCUT2D eigenvalue weighted by atomic mass is 16.5. The van der Waals surface area contributed by atoms with Crippen LogP contribution in [0.25, 0.3) is 0 Å². The molecule has 2 atom stereocenters. The van der Waals surface area contributed by atoms with E-state index in [9.17, 15) is 9.90 Å². The zero-order valence-corrected chi connectivity index (χ0v) is 13.3. The van der Waals surface area contributed by atoms with E-state index in [0.29, 0.717) is 17.4 Å². The van der Waals surface area contributed by atoms with Gasteiger partial charge in [0.15, 0.2) is 0 Å². The minimum Gasteiger partial charge on any atom is -0.439 e. The second-order valence-corrected chi connectivity index (χ2v) is 5.83. The van der Waals surface area contributed by atoms with Crippen molar-refractivity contribution in [3.05, 3.63) is 48.5 Å². The molecule has 0 spiro atoms. The Labute approximate surface area is 140 Å². The third kappa shape index (κ3) is 4.45. The van der Waals surface area contributed by atoms with Gasteiger partial charge in [0, 0.05) is 6.07 Å². The number of carbonyl (C=O) groups excluding carboxylic acids is 1. The van der Waals surface area contributed by atoms with E-state index in [0.717, 1.165) is 25.7 Å². The van der Waals surface area contributed by atoms with E-state index < -0.39 is 6.10 Å². The Kier molecular flexibility index (Phi) is 5.28. The number of aliphatic hydroxyl groups excluding tert-OH is 1. The highest BCUT2D eigenvalue weighted by Gasteiger charge is 2.24. The molecule has 3 rings (SSSR count). The van der Waals surface area contributed by atoms with Crippen LogP contribution in [0.15, 0.2) is 48.5 Å². The smallest absolute Gasteiger partial charge is 0.320 e. The number of urea groups is 1. The van der Waals surface area contributed by atoms with Crippen molar-refractivity contribution in [1.82, 2.24) is 10.3 Å². The van der Waals surface area contributed by atoms with Crippen LogP contribution in [0.3, 0.4) is 0 Å². The highest BCUT2D eigenvalue weighted by molar-refractivity contribution is 5.88. The second-order valence-electron chi connectivity index (χ2n) is 5.83. The first-order chi connectivity index (χ1) is 11.7. The highest BCUT2D eigenvalue weighted by Crippen LogP contribution is 2.21. The molecule has 1 aliphatic rings. The van der Waals surface area contributed by atoms with Crippen molar-refractivity contribution in [2.45, 2.75) is 37.8 Å². The van der Waals surface area contributed by atoms with Crippen molar-refractivity contribution in [3.63, 3.8) is 0 Å². The summed E-state index contributed by atoms with van der Waals surface area (Å²) in [6, 6.07) is 13.9. The average molecular weight is 327 g/mol. The average Bonchev–Trinajstić information content (AvgIpc) is 2.58. The molecule has 3 N–H and O–H groups in total. The predicted octanol–water partition coefficient (Wildman–Crippen LogP) is 3.30. The van der Waals surface area contributed by atoms with Crippen LogP contribution in [-0.4, -0.2) is 28.3 Å². The summed E-state index contributed by atoms with van der Waals surface area (Å²) >= 11 is 0. The molecule has 24 heavy (non-hydrogen) atoms. The lowest BCUT2D eigenvalue weighted by atomic mass is 9.93. The standard InChI is InChI=1S/C18H21N3O3/c22-15-10-5-4-9-14(15)19-18(23)21-16-11-6-12-17(20-16)24-13-7-2-1-3-8-13/h1-3,6-8,11-12,14-15,22H,4-5,9-10H2,(H2,19,20,21,23)/t14-,15-/m1/s1. The van der Waals surface area contributed by atoms with Gasteiger partial charge in [0.2, 0.25) is 5.88 Å². The minimum atomic E-state index is -0.481. The topological polar surface area (TPSA) is 83.5 Å². The molecular weight excluding hydrogens is 306 g/mol. The molecule has 0 saturated heterocycles. The third-order valence-electron chi connectivity index (χ3n) is 3.98. The lowest BCUT2D eigenvalue weighted by molar-refractivity contribution is 0.0955. The number of aromatic nitrogens is 1. The van der Waals surface area contributed by atoms with E-state index in [-0.39, 0.29) is 12.1 Å². The summed E-state index contributed by atoms with van der Waals surface area (Å²) in [5.74, 6) is 1.47. The van der Waals surface area contributed by atoms with Gasteiger partial charge in [0.25, 0.3) is 0 Å². The SMILES string of the molecule is O=C(Nc1cccc(Oc2ccccc2)n1)N[C@@H]1CCCC[C@H]1O. The first kappa shape index (κ1) is 16.3. The van der Waals surface area contributed by atoms with Crippen molar-refractivity contribution in [2.24, 2.45) is 0 Å². The van der Waals surface area contributed by atoms with Gasteiger partial charge in [-0.25, -0.2) is 4.79 Å². The summed E-state index contributed by atoms with van der Waals surface area (Å²) in [5, 5.41) is 15.4. The van der Waals surface area contributed by atoms with Gasteiger partial charge in [-0.05, 0) is 31.0 Å². The van der Waals surface area contributed by atoms with Gasteiger partial charge in [0.05, 0.1) is 12.1 Å². The fraction of sp³-hybridized carbons (Fsp3) is 0.333. The summed E-state index contributed by atoms with van der Waals surface area (Å²) in [5.41, 5.74) is 0. The second kappa shape index (κ2) is 7.79. The minimum absolute atomic E-state index is 0.206. The van der Waals surface area contributed by atoms with Gasteiger partial charge >= 0.3 is 6.03 Å². The molecule has 1 heterocycles. The van der Waals surface area contributed by atoms with Crippen LogP contribution in [0.4, 0.5) is 10.6 Å². The van der Waals surface area contributed by atoms with Crippen molar-refractivity contribution in [3.8, 4) is 11.6 Å². The molecule has 1 aromatic heterocycles. The molecule has 126 valence electrons. The lowest BCUT2D eigenvalue weighted by Crippen LogP contribution is -2.46. The molecule has 2 amide bonds. The maximum atomic E-state index is 12.1. The van der Waals surface area contributed by atoms with Gasteiger partial charge in [-0.1, -0.05) is 37.1 Å². The molecule has 6 nitrogen and oxygen atoms in total. The number of amides is 2. The normalized spacial score (nSPS) is 20.2. The van der Waals surface area contributed by atoms with E-state index in [2.05, 4.69) is 15.6 Å². The third-order valence-corrected chi connectivity index (χ3v) is 3.98. The number of ether oxygens (including phenoxy) is 1. The molecule has 0 unspecified atom stereocenters. The Hall–Kier alpha value is -2.60. The van der Waals surface area contributed by atoms with E-state index in [1.54, 1.807) is 18.2 Å². The molecule has 0 aliphatic heterocycles. The van der Waals surface area contributed by atoms with E-state index in [4.69, 9.17) is 4.74 Å². The van der Waals surface area contributed by atoms with Gasteiger partial charge in [-0.2, -0.15) is 4.98 Å². The zero-order valence-electron chi connectivity index (χ0n) is 13.3. The lowest BCUT2D eigenvalue weighted by Gasteiger charge is -2.28. The number of hydrogen-bond acceptors (Lipinski definition) is 4. The van der Waals surface area contributed by atoms with Crippen molar-refractivity contribution in [1.29, 1.82) is 0 Å². The van der Waals surface area contributed by atoms with Gasteiger partial charge in [0.1, 0.15) is 11.6 Å². The molecule has 0 bridgehead atoms. The monoisotopic (exact) mass is 327 g/mol. The summed E-state index contributed by atoms with van der Waals surface area (Å²) in [4.78, 5) is 16.3. The predicted molar refractivity (Wildman–Crippen MR) is 91.2 cm³/mol. The fourth-order valence-corrected chi connectivity index (χ4v) is 2.75. The summed E-state index contributed by atoms with van der Waals surface area (Å²) in [6.07, 6.45) is 3.05. The van der Waals surface area contributed by atoms with Gasteiger partial charge in [-0.3, -0.25) is 5.32 Å². The Balaban J connectivity index is 1.58. The number of benzene rings is 1. The number of anilines is 1. The Morgan fingerprint density at radius 3 is 2.67 bits per heavy atom. The van der Waals surface area contributed by atoms with Crippen molar-refractivity contribution in [2.75, 3.05) is 5.32 Å². The van der Waals surface area contributed by atoms with E-state index >= 15 is 0 Å². The zero-order chi connectivity index (χ0) is 16.8. The maximum absolute atomic E-state index is 12.1. The maximum Gasteiger partial charge on any atom is 0.320 e. The van der Waals surface area contributed by atoms with Crippen LogP contribution in [0.5, 0.6) is 11.6 Å². The van der Waals surface area contributed by atoms with Gasteiger partial charge < -0.3 is 15.2 Å². The number of para-hydroxylation sites is 1. The quantitative estimate of drug-likeness (QED) is 0.804. The number of nitrogens with zero attached hydrogens (tertiary/aromatic N) is 1. The van der Waals surface area contributed by atoms with Crippen molar-refractivity contribution < 1.29 is 14.6 Å². The number of nitrogens with one attached hydrogen (secondary N) is 2. The largest absolute Gasteiger partial charge is 0.439 e. The molecule has 1 fully saturated rings. The van der Waals surface area contributed by atoms with Crippen molar-refractivity contribution >= 4 is 11.8 Å². The number of aliphatic hydroxyl groups is 1. The van der Waals surface area contributed by atoms with E-state index in [1.807, 2.05) is 30.3 Å². The number of pyridine rings is 1. The molecular formula is C18H21N3O3. The van der Waals surface area contributed by atoms with Crippen LogP contribution in [0.1, 0.15) is 25.7 Å². The van der Waals surface area contributed by atoms with Crippen LogP contribution in [0.2, 0.25) is 0 Å². The van der Waals surface area contributed by atoms with E-state index in [1.165, 1.54) is 0 Å². The number of hydrogen-bond donors (Lipinski definition) is 3. The summed E-state index contributed by atoms with van der Waals surface area (Å²) < 4.78 is 5.64. The first-order valence-corrected chi connectivity index (χ1v) is 8.16. The van der Waals surface area contributed by atoms with Crippen LogP contribution in [0, 0.1) is 0 Å². The van der Waals surface area contributed by atoms with Crippen LogP contribution in [-0.2, 0) is 0 Å². The fourth-order valence-electron chi connectivity index (χ4n) is 2.75. The molecule has 1 aliphatic carbocycles. The number of rotatable bonds is 4.